The van der Waals surface area contributed by atoms with Crippen LogP contribution in [0.1, 0.15) is 13.8 Å². The highest BCUT2D eigenvalue weighted by Gasteiger charge is 2.34. The zero-order valence-corrected chi connectivity index (χ0v) is 8.08. The Labute approximate surface area is 78.2 Å². The lowest BCUT2D eigenvalue weighted by molar-refractivity contribution is -0.159. The quantitative estimate of drug-likeness (QED) is 0.492. The number of carbonyl (C=O) groups is 1. The fourth-order valence-electron chi connectivity index (χ4n) is 0.717. The molecule has 0 aliphatic rings. The van der Waals surface area contributed by atoms with Crippen LogP contribution in [0.3, 0.4) is 0 Å². The minimum atomic E-state index is -0.996. The minimum absolute atomic E-state index is 0.0752. The molecule has 1 atom stereocenters. The van der Waals surface area contributed by atoms with Gasteiger partial charge >= 0.3 is 5.97 Å². The van der Waals surface area contributed by atoms with Gasteiger partial charge in [0.25, 0.3) is 0 Å². The molecule has 0 fully saturated rings. The van der Waals surface area contributed by atoms with E-state index in [9.17, 15) is 4.79 Å². The van der Waals surface area contributed by atoms with E-state index in [-0.39, 0.29) is 13.2 Å². The van der Waals surface area contributed by atoms with Gasteiger partial charge < -0.3 is 14.6 Å². The van der Waals surface area contributed by atoms with Crippen molar-refractivity contribution in [1.82, 2.24) is 0 Å². The molecular formula is C9H16O4. The smallest absolute Gasteiger partial charge is 0.317 e. The van der Waals surface area contributed by atoms with Crippen LogP contribution in [0.25, 0.3) is 0 Å². The molecule has 0 aromatic heterocycles. The van der Waals surface area contributed by atoms with Crippen LogP contribution in [0.2, 0.25) is 0 Å². The standard InChI is InChI=1S/C9H16O4/c1-4-12-7-9(3,6-10)8(11)13-5-2/h4,10H,1,5-7H2,2-3H3. The maximum Gasteiger partial charge on any atom is 0.317 e. The Hall–Kier alpha value is -1.03. The Kier molecular flexibility index (Phi) is 5.14. The fourth-order valence-corrected chi connectivity index (χ4v) is 0.717. The van der Waals surface area contributed by atoms with Crippen molar-refractivity contribution in [3.63, 3.8) is 0 Å². The predicted molar refractivity (Wildman–Crippen MR) is 48.0 cm³/mol. The lowest BCUT2D eigenvalue weighted by Crippen LogP contribution is -2.37. The summed E-state index contributed by atoms with van der Waals surface area (Å²) in [7, 11) is 0. The van der Waals surface area contributed by atoms with Crippen LogP contribution in [0.15, 0.2) is 12.8 Å². The van der Waals surface area contributed by atoms with Crippen molar-refractivity contribution in [2.45, 2.75) is 13.8 Å². The molecule has 0 heterocycles. The topological polar surface area (TPSA) is 55.8 Å². The van der Waals surface area contributed by atoms with Crippen LogP contribution in [-0.2, 0) is 14.3 Å². The van der Waals surface area contributed by atoms with Gasteiger partial charge in [0.05, 0.1) is 19.5 Å². The van der Waals surface area contributed by atoms with Crippen molar-refractivity contribution in [2.75, 3.05) is 19.8 Å². The second-order valence-electron chi connectivity index (χ2n) is 2.92. The second kappa shape index (κ2) is 5.59. The monoisotopic (exact) mass is 188 g/mol. The van der Waals surface area contributed by atoms with Crippen molar-refractivity contribution in [3.05, 3.63) is 12.8 Å². The van der Waals surface area contributed by atoms with Gasteiger partial charge in [0.15, 0.2) is 0 Å². The molecule has 0 radical (unpaired) electrons. The third-order valence-electron chi connectivity index (χ3n) is 1.64. The van der Waals surface area contributed by atoms with Crippen LogP contribution in [-0.4, -0.2) is 30.9 Å². The molecule has 13 heavy (non-hydrogen) atoms. The molecule has 0 aromatic rings. The number of rotatable bonds is 6. The summed E-state index contributed by atoms with van der Waals surface area (Å²) < 4.78 is 9.64. The van der Waals surface area contributed by atoms with Gasteiger partial charge in [-0.05, 0) is 13.8 Å². The fraction of sp³-hybridized carbons (Fsp3) is 0.667. The molecule has 0 bridgehead atoms. The largest absolute Gasteiger partial charge is 0.501 e. The summed E-state index contributed by atoms with van der Waals surface area (Å²) in [6, 6.07) is 0. The number of hydrogen-bond donors (Lipinski definition) is 1. The molecule has 0 aliphatic heterocycles. The van der Waals surface area contributed by atoms with E-state index in [1.807, 2.05) is 0 Å². The molecule has 0 aliphatic carbocycles. The predicted octanol–water partition coefficient (Wildman–Crippen LogP) is 0.708. The van der Waals surface area contributed by atoms with E-state index in [4.69, 9.17) is 14.6 Å². The average molecular weight is 188 g/mol. The van der Waals surface area contributed by atoms with Gasteiger partial charge in [-0.3, -0.25) is 4.79 Å². The first-order valence-corrected chi connectivity index (χ1v) is 4.11. The molecule has 4 heteroatoms. The molecular weight excluding hydrogens is 172 g/mol. The Morgan fingerprint density at radius 2 is 2.31 bits per heavy atom. The lowest BCUT2D eigenvalue weighted by Gasteiger charge is -2.23. The number of esters is 1. The second-order valence-corrected chi connectivity index (χ2v) is 2.92. The third-order valence-corrected chi connectivity index (χ3v) is 1.64. The molecule has 1 unspecified atom stereocenters. The molecule has 0 aromatic carbocycles. The van der Waals surface area contributed by atoms with Gasteiger partial charge in [-0.2, -0.15) is 0 Å². The van der Waals surface area contributed by atoms with Crippen LogP contribution in [0.5, 0.6) is 0 Å². The minimum Gasteiger partial charge on any atom is -0.501 e. The third kappa shape index (κ3) is 3.46. The van der Waals surface area contributed by atoms with E-state index in [1.54, 1.807) is 13.8 Å². The van der Waals surface area contributed by atoms with Gasteiger partial charge in [-0.15, -0.1) is 0 Å². The molecule has 0 saturated heterocycles. The Morgan fingerprint density at radius 1 is 1.69 bits per heavy atom. The molecule has 0 spiro atoms. The van der Waals surface area contributed by atoms with Crippen molar-refractivity contribution in [1.29, 1.82) is 0 Å². The van der Waals surface area contributed by atoms with Gasteiger partial charge in [0, 0.05) is 0 Å². The molecule has 0 amide bonds. The highest BCUT2D eigenvalue weighted by molar-refractivity contribution is 5.76. The Balaban J connectivity index is 4.23. The summed E-state index contributed by atoms with van der Waals surface area (Å²) in [5, 5.41) is 8.99. The molecule has 0 saturated carbocycles. The van der Waals surface area contributed by atoms with E-state index < -0.39 is 11.4 Å². The summed E-state index contributed by atoms with van der Waals surface area (Å²) in [5.41, 5.74) is -0.996. The van der Waals surface area contributed by atoms with Gasteiger partial charge in [-0.1, -0.05) is 6.58 Å². The summed E-state index contributed by atoms with van der Waals surface area (Å²) >= 11 is 0. The van der Waals surface area contributed by atoms with E-state index in [0.29, 0.717) is 6.61 Å². The molecule has 4 nitrogen and oxygen atoms in total. The number of carbonyl (C=O) groups excluding carboxylic acids is 1. The lowest BCUT2D eigenvalue weighted by atomic mass is 9.93. The van der Waals surface area contributed by atoms with Crippen molar-refractivity contribution in [2.24, 2.45) is 5.41 Å². The summed E-state index contributed by atoms with van der Waals surface area (Å²) in [4.78, 5) is 11.3. The van der Waals surface area contributed by atoms with Crippen molar-refractivity contribution < 1.29 is 19.4 Å². The highest BCUT2D eigenvalue weighted by Crippen LogP contribution is 2.18. The first-order chi connectivity index (χ1) is 6.10. The zero-order valence-electron chi connectivity index (χ0n) is 8.08. The SMILES string of the molecule is C=COCC(C)(CO)C(=O)OCC. The first kappa shape index (κ1) is 12.0. The summed E-state index contributed by atoms with van der Waals surface area (Å²) in [6.07, 6.45) is 1.23. The molecule has 0 rings (SSSR count). The van der Waals surface area contributed by atoms with Crippen LogP contribution >= 0.6 is 0 Å². The summed E-state index contributed by atoms with van der Waals surface area (Å²) in [5.74, 6) is -0.459. The molecule has 76 valence electrons. The van der Waals surface area contributed by atoms with E-state index >= 15 is 0 Å². The number of aliphatic hydroxyl groups is 1. The number of ether oxygens (including phenoxy) is 2. The Bertz CT molecular complexity index is 178. The number of aliphatic hydroxyl groups excluding tert-OH is 1. The van der Waals surface area contributed by atoms with Crippen LogP contribution in [0.4, 0.5) is 0 Å². The number of hydrogen-bond acceptors (Lipinski definition) is 4. The van der Waals surface area contributed by atoms with Gasteiger partial charge in [0.1, 0.15) is 12.0 Å². The van der Waals surface area contributed by atoms with E-state index in [2.05, 4.69) is 6.58 Å². The van der Waals surface area contributed by atoms with Gasteiger partial charge in [0.2, 0.25) is 0 Å². The van der Waals surface area contributed by atoms with Crippen LogP contribution in [0, 0.1) is 5.41 Å². The van der Waals surface area contributed by atoms with Crippen molar-refractivity contribution in [3.8, 4) is 0 Å². The first-order valence-electron chi connectivity index (χ1n) is 4.11. The molecule has 1 N–H and O–H groups in total. The van der Waals surface area contributed by atoms with Gasteiger partial charge in [-0.25, -0.2) is 0 Å². The highest BCUT2D eigenvalue weighted by atomic mass is 16.5. The van der Waals surface area contributed by atoms with Crippen LogP contribution < -0.4 is 0 Å². The van der Waals surface area contributed by atoms with Crippen molar-refractivity contribution >= 4 is 5.97 Å². The average Bonchev–Trinajstić information content (AvgIpc) is 2.14. The van der Waals surface area contributed by atoms with E-state index in [0.717, 1.165) is 0 Å². The summed E-state index contributed by atoms with van der Waals surface area (Å²) in [6.45, 7) is 6.70. The van der Waals surface area contributed by atoms with E-state index in [1.165, 1.54) is 6.26 Å². The normalized spacial score (nSPS) is 14.4. The maximum atomic E-state index is 11.3. The maximum absolute atomic E-state index is 11.3. The zero-order chi connectivity index (χ0) is 10.3. The Morgan fingerprint density at radius 3 is 2.69 bits per heavy atom.